The first kappa shape index (κ1) is 57.3. The number of nitrogens with zero attached hydrogens (tertiary/aromatic N) is 8. The number of benzene rings is 8. The van der Waals surface area contributed by atoms with Gasteiger partial charge in [0.1, 0.15) is 23.0 Å². The van der Waals surface area contributed by atoms with Gasteiger partial charge in [0.05, 0.1) is 49.7 Å². The molecular formula is C72H72FeN8O4. The standard InChI is InChI=1S/C72H72N8O4.Fe/c1-5-9-13-17-33-81-61-29-21-25-45-37-53-57(41-49(45)61)69-73-65(53)78-70-59-43-51-47(27-23-31-63(51)83-35-19-15-11-7-3)39-55(59)67(75-70)80-72-60-44-52-48(28-24-32-64(52)84-36-20-16-12-8-4)40-56(60)68(76-72)79-71-58-42-50-46(38-54(58)66(74-71)77-69)26-22-30-62(50)82-34-18-14-10-6-2;/h21-32,37-44H,5-20,33-36H2,1-4H3;/q-2;+2. The van der Waals surface area contributed by atoms with Crippen LogP contribution in [-0.4, -0.2) is 56.3 Å². The van der Waals surface area contributed by atoms with Crippen LogP contribution < -0.4 is 28.9 Å². The van der Waals surface area contributed by atoms with Gasteiger partial charge in [-0.25, -0.2) is 9.97 Å². The van der Waals surface area contributed by atoms with Gasteiger partial charge in [-0.05, 0) is 142 Å². The fourth-order valence-corrected chi connectivity index (χ4v) is 12.0. The molecule has 0 fully saturated rings. The van der Waals surface area contributed by atoms with E-state index in [0.717, 1.165) is 187 Å². The van der Waals surface area contributed by atoms with Crippen LogP contribution in [0.25, 0.3) is 133 Å². The molecule has 2 aliphatic rings. The monoisotopic (exact) mass is 1170 g/mol. The van der Waals surface area contributed by atoms with Crippen molar-refractivity contribution in [1.29, 1.82) is 0 Å². The molecule has 0 unspecified atom stereocenters. The maximum atomic E-state index is 6.56. The predicted molar refractivity (Wildman–Crippen MR) is 343 cm³/mol. The summed E-state index contributed by atoms with van der Waals surface area (Å²) in [5.41, 5.74) is 5.20. The van der Waals surface area contributed by atoms with Gasteiger partial charge in [0.2, 0.25) is 0 Å². The van der Waals surface area contributed by atoms with E-state index in [-0.39, 0.29) is 17.1 Å². The summed E-state index contributed by atoms with van der Waals surface area (Å²) in [7, 11) is 0. The van der Waals surface area contributed by atoms with Crippen LogP contribution in [0.4, 0.5) is 0 Å². The summed E-state index contributed by atoms with van der Waals surface area (Å²) in [4.78, 5) is 43.4. The van der Waals surface area contributed by atoms with Gasteiger partial charge in [0.25, 0.3) is 0 Å². The molecule has 13 rings (SSSR count). The van der Waals surface area contributed by atoms with Crippen LogP contribution in [0.2, 0.25) is 0 Å². The molecule has 85 heavy (non-hydrogen) atoms. The number of unbranched alkanes of at least 4 members (excludes halogenated alkanes) is 12. The molecule has 0 amide bonds. The Labute approximate surface area is 507 Å². The van der Waals surface area contributed by atoms with Gasteiger partial charge in [0, 0.05) is 66.4 Å². The molecule has 11 aromatic rings. The number of hydrogen-bond acceptors (Lipinski definition) is 10. The van der Waals surface area contributed by atoms with Gasteiger partial charge in [-0.3, -0.25) is 0 Å². The van der Waals surface area contributed by atoms with Crippen LogP contribution in [0, 0.1) is 0 Å². The Morgan fingerprint density at radius 2 is 0.553 bits per heavy atom. The van der Waals surface area contributed by atoms with E-state index in [1.54, 1.807) is 0 Å². The first-order valence-corrected chi connectivity index (χ1v) is 31.0. The minimum Gasteiger partial charge on any atom is -0.493 e. The molecule has 8 aromatic carbocycles. The van der Waals surface area contributed by atoms with E-state index in [1.165, 1.54) is 25.7 Å². The van der Waals surface area contributed by atoms with Crippen molar-refractivity contribution < 1.29 is 36.0 Å². The molecule has 0 saturated carbocycles. The van der Waals surface area contributed by atoms with Gasteiger partial charge in [-0.1, -0.05) is 153 Å². The number of rotatable bonds is 24. The van der Waals surface area contributed by atoms with Crippen molar-refractivity contribution in [3.63, 3.8) is 0 Å². The first-order chi connectivity index (χ1) is 41.5. The minimum absolute atomic E-state index is 0. The van der Waals surface area contributed by atoms with Crippen molar-refractivity contribution in [2.45, 2.75) is 130 Å². The summed E-state index contributed by atoms with van der Waals surface area (Å²) in [6, 6.07) is 42.2. The Balaban J connectivity index is 0.00000709. The Morgan fingerprint density at radius 3 is 0.859 bits per heavy atom. The van der Waals surface area contributed by atoms with Gasteiger partial charge < -0.3 is 48.9 Å². The second kappa shape index (κ2) is 26.0. The molecule has 0 atom stereocenters. The molecule has 12 nitrogen and oxygen atoms in total. The zero-order chi connectivity index (χ0) is 56.9. The van der Waals surface area contributed by atoms with E-state index in [4.69, 9.17) is 58.8 Å². The van der Waals surface area contributed by atoms with E-state index < -0.39 is 0 Å². The quantitative estimate of drug-likeness (QED) is 0.0420. The summed E-state index contributed by atoms with van der Waals surface area (Å²) in [5, 5.41) is 11.2. The van der Waals surface area contributed by atoms with E-state index in [0.29, 0.717) is 72.3 Å². The number of hydrogen-bond donors (Lipinski definition) is 0. The molecule has 0 saturated heterocycles. The van der Waals surface area contributed by atoms with Gasteiger partial charge in [-0.15, -0.1) is 0 Å². The third kappa shape index (κ3) is 11.7. The summed E-state index contributed by atoms with van der Waals surface area (Å²) in [6.07, 6.45) is 17.8. The molecular weight excluding hydrogens is 1100 g/mol. The van der Waals surface area contributed by atoms with Crippen LogP contribution in [0.5, 0.6) is 23.0 Å². The van der Waals surface area contributed by atoms with E-state index in [2.05, 4.69) is 149 Å². The van der Waals surface area contributed by atoms with E-state index in [1.807, 2.05) is 0 Å². The van der Waals surface area contributed by atoms with Crippen LogP contribution in [0.1, 0.15) is 130 Å². The van der Waals surface area contributed by atoms with Crippen molar-refractivity contribution in [3.8, 4) is 68.5 Å². The van der Waals surface area contributed by atoms with Crippen molar-refractivity contribution >= 4 is 87.2 Å². The Morgan fingerprint density at radius 1 is 0.282 bits per heavy atom. The van der Waals surface area contributed by atoms with Crippen LogP contribution in [0.15, 0.2) is 121 Å². The minimum atomic E-state index is 0. The average Bonchev–Trinajstić information content (AvgIpc) is 2.31. The molecule has 5 heterocycles. The smallest absolute Gasteiger partial charge is 0.493 e. The Kier molecular flexibility index (Phi) is 17.5. The van der Waals surface area contributed by atoms with Crippen LogP contribution >= 0.6 is 0 Å². The second-order valence-electron chi connectivity index (χ2n) is 22.6. The van der Waals surface area contributed by atoms with Crippen molar-refractivity contribution in [3.05, 3.63) is 121 Å². The van der Waals surface area contributed by atoms with Crippen LogP contribution in [-0.2, 0) is 17.1 Å². The zero-order valence-corrected chi connectivity index (χ0v) is 50.4. The molecule has 2 aliphatic heterocycles. The van der Waals surface area contributed by atoms with E-state index in [9.17, 15) is 0 Å². The third-order valence-electron chi connectivity index (χ3n) is 16.6. The zero-order valence-electron chi connectivity index (χ0n) is 49.3. The van der Waals surface area contributed by atoms with Crippen LogP contribution in [0.3, 0.4) is 0 Å². The van der Waals surface area contributed by atoms with Gasteiger partial charge >= 0.3 is 17.1 Å². The number of aromatic nitrogens is 8. The fourth-order valence-electron chi connectivity index (χ4n) is 12.0. The normalized spacial score (nSPS) is 11.9. The average molecular weight is 1170 g/mol. The largest absolute Gasteiger partial charge is 2.00 e. The summed E-state index contributed by atoms with van der Waals surface area (Å²) in [5.74, 6) is 5.20. The Hall–Kier alpha value is -8.12. The predicted octanol–water partition coefficient (Wildman–Crippen LogP) is 18.6. The maximum Gasteiger partial charge on any atom is 2.00 e. The van der Waals surface area contributed by atoms with Crippen molar-refractivity contribution in [2.24, 2.45) is 0 Å². The first-order valence-electron chi connectivity index (χ1n) is 31.0. The SMILES string of the molecule is CCCCCCOc1cccc2cc3c(cc12)-c1nc-3nc2[n-]c(nc3nc(nc4[n-]c(n1)c1cc5cccc(OCCCCCC)c5cc41)-c1cc4cccc(OCCCCCC)c4cc1-3)c1cc3cccc(OCCCCCC)c3cc21.[Fe+2]. The molecule has 0 spiro atoms. The fraction of sp³-hybridized carbons (Fsp3) is 0.333. The second-order valence-corrected chi connectivity index (χ2v) is 22.6. The summed E-state index contributed by atoms with van der Waals surface area (Å²) in [6.45, 7) is 11.4. The molecule has 8 bridgehead atoms. The molecule has 432 valence electrons. The summed E-state index contributed by atoms with van der Waals surface area (Å²) >= 11 is 0. The number of ether oxygens (including phenoxy) is 4. The molecule has 0 radical (unpaired) electrons. The van der Waals surface area contributed by atoms with Crippen molar-refractivity contribution in [2.75, 3.05) is 26.4 Å². The van der Waals surface area contributed by atoms with Gasteiger partial charge in [-0.2, -0.15) is 0 Å². The number of fused-ring (bicyclic) bond motifs is 24. The third-order valence-corrected chi connectivity index (χ3v) is 16.6. The molecule has 3 aromatic heterocycles. The van der Waals surface area contributed by atoms with Crippen molar-refractivity contribution in [1.82, 2.24) is 39.9 Å². The molecule has 0 N–H and O–H groups in total. The molecule has 0 aliphatic carbocycles. The maximum absolute atomic E-state index is 6.56. The molecule has 13 heteroatoms. The summed E-state index contributed by atoms with van der Waals surface area (Å²) < 4.78 is 26.2. The topological polar surface area (TPSA) is 142 Å². The van der Waals surface area contributed by atoms with Gasteiger partial charge in [0.15, 0.2) is 0 Å². The Bertz CT molecular complexity index is 4160. The van der Waals surface area contributed by atoms with E-state index >= 15 is 0 Å².